The molecular weight excluding hydrogens is 380 g/mol. The van der Waals surface area contributed by atoms with E-state index in [1.165, 1.54) is 0 Å². The molecule has 0 saturated heterocycles. The summed E-state index contributed by atoms with van der Waals surface area (Å²) in [5, 5.41) is 19.9. The molecule has 8 nitrogen and oxygen atoms in total. The van der Waals surface area contributed by atoms with Gasteiger partial charge in [-0.05, 0) is 36.6 Å². The fourth-order valence-corrected chi connectivity index (χ4v) is 3.61. The second kappa shape index (κ2) is 7.14. The SMILES string of the molecule is O=C(O)NC1(c2nc(NCc3ccccn3)c3c(-c4ccccc4)ccn3n2)CC1. The molecule has 1 aromatic carbocycles. The topological polar surface area (TPSA) is 104 Å². The Balaban J connectivity index is 1.61. The zero-order valence-electron chi connectivity index (χ0n) is 16.1. The highest BCUT2D eigenvalue weighted by atomic mass is 16.4. The molecule has 0 bridgehead atoms. The number of nitrogens with one attached hydrogen (secondary N) is 2. The van der Waals surface area contributed by atoms with E-state index in [0.29, 0.717) is 31.0 Å². The number of anilines is 1. The zero-order chi connectivity index (χ0) is 20.6. The van der Waals surface area contributed by atoms with Gasteiger partial charge in [0, 0.05) is 18.0 Å². The standard InChI is InChI=1S/C22H20N6O2/c29-21(30)26-22(10-11-22)20-25-19(24-14-16-8-4-5-12-23-16)18-17(9-13-28(18)27-20)15-6-2-1-3-7-15/h1-9,12-13,26H,10-11,14H2,(H,29,30)(H,24,25,27). The fraction of sp³-hybridized carbons (Fsp3) is 0.182. The lowest BCUT2D eigenvalue weighted by Gasteiger charge is -2.17. The third-order valence-corrected chi connectivity index (χ3v) is 5.28. The number of hydrogen-bond donors (Lipinski definition) is 3. The molecule has 0 aliphatic heterocycles. The van der Waals surface area contributed by atoms with E-state index in [-0.39, 0.29) is 0 Å². The Bertz CT molecular complexity index is 1200. The molecule has 3 heterocycles. The summed E-state index contributed by atoms with van der Waals surface area (Å²) in [4.78, 5) is 20.4. The monoisotopic (exact) mass is 400 g/mol. The smallest absolute Gasteiger partial charge is 0.405 e. The van der Waals surface area contributed by atoms with Crippen LogP contribution in [0.1, 0.15) is 24.4 Å². The molecule has 4 aromatic rings. The van der Waals surface area contributed by atoms with Crippen molar-refractivity contribution in [2.45, 2.75) is 24.9 Å². The van der Waals surface area contributed by atoms with Crippen LogP contribution in [0.15, 0.2) is 67.0 Å². The van der Waals surface area contributed by atoms with Crippen molar-refractivity contribution in [3.63, 3.8) is 0 Å². The van der Waals surface area contributed by atoms with E-state index in [4.69, 9.17) is 4.98 Å². The predicted molar refractivity (Wildman–Crippen MR) is 112 cm³/mol. The molecule has 0 unspecified atom stereocenters. The lowest BCUT2D eigenvalue weighted by Crippen LogP contribution is -2.35. The van der Waals surface area contributed by atoms with Crippen molar-refractivity contribution in [3.8, 4) is 11.1 Å². The summed E-state index contributed by atoms with van der Waals surface area (Å²) in [5.41, 5.74) is 3.06. The van der Waals surface area contributed by atoms with E-state index < -0.39 is 11.6 Å². The highest BCUT2D eigenvalue weighted by Crippen LogP contribution is 2.44. The minimum atomic E-state index is -1.07. The van der Waals surface area contributed by atoms with Crippen molar-refractivity contribution in [2.24, 2.45) is 0 Å². The highest BCUT2D eigenvalue weighted by molar-refractivity contribution is 5.88. The van der Waals surface area contributed by atoms with Crippen LogP contribution in [0.25, 0.3) is 16.6 Å². The van der Waals surface area contributed by atoms with Crippen LogP contribution in [0, 0.1) is 0 Å². The molecule has 8 heteroatoms. The van der Waals surface area contributed by atoms with Crippen LogP contribution in [-0.2, 0) is 12.1 Å². The van der Waals surface area contributed by atoms with Gasteiger partial charge in [0.05, 0.1) is 12.2 Å². The van der Waals surface area contributed by atoms with Crippen LogP contribution in [0.3, 0.4) is 0 Å². The first-order chi connectivity index (χ1) is 14.6. The quantitative estimate of drug-likeness (QED) is 0.456. The van der Waals surface area contributed by atoms with Gasteiger partial charge in [-0.1, -0.05) is 36.4 Å². The molecule has 3 N–H and O–H groups in total. The second-order valence-electron chi connectivity index (χ2n) is 7.36. The van der Waals surface area contributed by atoms with Gasteiger partial charge in [-0.3, -0.25) is 4.98 Å². The Hall–Kier alpha value is -3.94. The Labute approximate surface area is 172 Å². The molecule has 3 aromatic heterocycles. The van der Waals surface area contributed by atoms with Crippen LogP contribution < -0.4 is 10.6 Å². The summed E-state index contributed by atoms with van der Waals surface area (Å²) in [6.45, 7) is 0.492. The summed E-state index contributed by atoms with van der Waals surface area (Å²) in [6, 6.07) is 17.8. The molecule has 1 saturated carbocycles. The van der Waals surface area contributed by atoms with Gasteiger partial charge in [-0.25, -0.2) is 14.3 Å². The van der Waals surface area contributed by atoms with E-state index in [9.17, 15) is 9.90 Å². The predicted octanol–water partition coefficient (Wildman–Crippen LogP) is 3.66. The number of amides is 1. The molecule has 1 aliphatic rings. The lowest BCUT2D eigenvalue weighted by atomic mass is 10.1. The van der Waals surface area contributed by atoms with Crippen LogP contribution >= 0.6 is 0 Å². The van der Waals surface area contributed by atoms with E-state index in [1.54, 1.807) is 10.7 Å². The van der Waals surface area contributed by atoms with E-state index in [2.05, 4.69) is 20.7 Å². The second-order valence-corrected chi connectivity index (χ2v) is 7.36. The van der Waals surface area contributed by atoms with Gasteiger partial charge in [0.15, 0.2) is 11.6 Å². The maximum Gasteiger partial charge on any atom is 0.405 e. The first-order valence-electron chi connectivity index (χ1n) is 9.75. The number of hydrogen-bond acceptors (Lipinski definition) is 5. The summed E-state index contributed by atoms with van der Waals surface area (Å²) >= 11 is 0. The molecule has 0 radical (unpaired) electrons. The maximum atomic E-state index is 11.3. The van der Waals surface area contributed by atoms with Crippen molar-refractivity contribution in [2.75, 3.05) is 5.32 Å². The third kappa shape index (κ3) is 3.32. The summed E-state index contributed by atoms with van der Waals surface area (Å²) in [7, 11) is 0. The number of rotatable bonds is 6. The number of carbonyl (C=O) groups is 1. The molecule has 0 spiro atoms. The maximum absolute atomic E-state index is 11.3. The lowest BCUT2D eigenvalue weighted by molar-refractivity contribution is 0.187. The summed E-state index contributed by atoms with van der Waals surface area (Å²) in [6.07, 6.45) is 3.91. The van der Waals surface area contributed by atoms with E-state index in [0.717, 1.165) is 22.3 Å². The van der Waals surface area contributed by atoms with Crippen molar-refractivity contribution < 1.29 is 9.90 Å². The number of benzene rings is 1. The Morgan fingerprint density at radius 1 is 1.10 bits per heavy atom. The highest BCUT2D eigenvalue weighted by Gasteiger charge is 2.49. The fourth-order valence-electron chi connectivity index (χ4n) is 3.61. The Morgan fingerprint density at radius 3 is 2.60 bits per heavy atom. The molecule has 150 valence electrons. The molecule has 5 rings (SSSR count). The third-order valence-electron chi connectivity index (χ3n) is 5.28. The Morgan fingerprint density at radius 2 is 1.90 bits per heavy atom. The van der Waals surface area contributed by atoms with Gasteiger partial charge in [-0.2, -0.15) is 5.10 Å². The van der Waals surface area contributed by atoms with Crippen LogP contribution in [0.4, 0.5) is 10.6 Å². The minimum Gasteiger partial charge on any atom is -0.465 e. The number of aromatic nitrogens is 4. The van der Waals surface area contributed by atoms with Gasteiger partial charge < -0.3 is 15.7 Å². The molecule has 1 amide bonds. The van der Waals surface area contributed by atoms with Gasteiger partial charge in [0.25, 0.3) is 0 Å². The van der Waals surface area contributed by atoms with Crippen LogP contribution in [0.5, 0.6) is 0 Å². The van der Waals surface area contributed by atoms with Crippen molar-refractivity contribution in [1.29, 1.82) is 0 Å². The normalized spacial score (nSPS) is 14.4. The molecule has 1 aliphatic carbocycles. The van der Waals surface area contributed by atoms with Crippen molar-refractivity contribution in [1.82, 2.24) is 24.9 Å². The first kappa shape index (κ1) is 18.1. The number of pyridine rings is 1. The van der Waals surface area contributed by atoms with Crippen molar-refractivity contribution in [3.05, 3.63) is 78.5 Å². The van der Waals surface area contributed by atoms with E-state index in [1.807, 2.05) is 60.8 Å². The molecule has 1 fully saturated rings. The van der Waals surface area contributed by atoms with Crippen molar-refractivity contribution >= 4 is 17.4 Å². The van der Waals surface area contributed by atoms with Gasteiger partial charge in [0.2, 0.25) is 0 Å². The number of fused-ring (bicyclic) bond motifs is 1. The molecular formula is C22H20N6O2. The number of carboxylic acid groups (broad SMARTS) is 1. The Kier molecular flexibility index (Phi) is 4.31. The van der Waals surface area contributed by atoms with Crippen LogP contribution in [0.2, 0.25) is 0 Å². The minimum absolute atomic E-state index is 0.469. The molecule has 0 atom stereocenters. The first-order valence-corrected chi connectivity index (χ1v) is 9.75. The van der Waals surface area contributed by atoms with E-state index >= 15 is 0 Å². The molecule has 30 heavy (non-hydrogen) atoms. The zero-order valence-corrected chi connectivity index (χ0v) is 16.1. The van der Waals surface area contributed by atoms with Gasteiger partial charge in [0.1, 0.15) is 11.1 Å². The van der Waals surface area contributed by atoms with Crippen LogP contribution in [-0.4, -0.2) is 30.8 Å². The summed E-state index contributed by atoms with van der Waals surface area (Å²) in [5.74, 6) is 1.11. The van der Waals surface area contributed by atoms with Gasteiger partial charge in [-0.15, -0.1) is 0 Å². The number of nitrogens with zero attached hydrogens (tertiary/aromatic N) is 4. The summed E-state index contributed by atoms with van der Waals surface area (Å²) < 4.78 is 1.77. The average Bonchev–Trinajstić information content (AvgIpc) is 3.41. The largest absolute Gasteiger partial charge is 0.465 e. The van der Waals surface area contributed by atoms with Gasteiger partial charge >= 0.3 is 6.09 Å². The average molecular weight is 400 g/mol.